The number of benzene rings is 1. The summed E-state index contributed by atoms with van der Waals surface area (Å²) in [4.78, 5) is 11.8. The van der Waals surface area contributed by atoms with Crippen molar-refractivity contribution in [1.82, 2.24) is 10.6 Å². The Kier molecular flexibility index (Phi) is 5.26. The number of methoxy groups -OCH3 is 1. The minimum absolute atomic E-state index is 0.00650. The van der Waals surface area contributed by atoms with Crippen molar-refractivity contribution in [2.75, 3.05) is 7.11 Å². The molecule has 0 spiro atoms. The zero-order chi connectivity index (χ0) is 15.1. The maximum absolute atomic E-state index is 11.8. The van der Waals surface area contributed by atoms with Gasteiger partial charge >= 0.3 is 6.03 Å². The van der Waals surface area contributed by atoms with Crippen LogP contribution in [-0.2, 0) is 13.0 Å². The van der Waals surface area contributed by atoms with Crippen LogP contribution in [-0.4, -0.2) is 19.2 Å². The van der Waals surface area contributed by atoms with Gasteiger partial charge in [-0.1, -0.05) is 12.1 Å². The van der Waals surface area contributed by atoms with Gasteiger partial charge in [0.25, 0.3) is 0 Å². The van der Waals surface area contributed by atoms with E-state index in [1.807, 2.05) is 43.3 Å². The van der Waals surface area contributed by atoms with Gasteiger partial charge in [0.15, 0.2) is 0 Å². The lowest BCUT2D eigenvalue weighted by molar-refractivity contribution is 0.237. The summed E-state index contributed by atoms with van der Waals surface area (Å²) in [6, 6.07) is 11.1. The van der Waals surface area contributed by atoms with Crippen molar-refractivity contribution in [3.05, 3.63) is 54.0 Å². The molecule has 0 saturated carbocycles. The molecule has 1 unspecified atom stereocenters. The summed E-state index contributed by atoms with van der Waals surface area (Å²) >= 11 is 0. The van der Waals surface area contributed by atoms with Crippen LogP contribution in [0.2, 0.25) is 0 Å². The second-order valence-corrected chi connectivity index (χ2v) is 4.86. The maximum Gasteiger partial charge on any atom is 0.315 e. The van der Waals surface area contributed by atoms with Gasteiger partial charge in [0.05, 0.1) is 13.4 Å². The molecule has 0 aliphatic rings. The van der Waals surface area contributed by atoms with Crippen LogP contribution in [0.5, 0.6) is 5.75 Å². The first-order valence-corrected chi connectivity index (χ1v) is 6.87. The van der Waals surface area contributed by atoms with Crippen molar-refractivity contribution >= 4 is 6.03 Å². The second-order valence-electron chi connectivity index (χ2n) is 4.86. The molecule has 2 amide bonds. The molecule has 0 saturated heterocycles. The van der Waals surface area contributed by atoms with Crippen LogP contribution in [0.3, 0.4) is 0 Å². The van der Waals surface area contributed by atoms with Crippen LogP contribution in [0.25, 0.3) is 0 Å². The minimum atomic E-state index is -0.190. The van der Waals surface area contributed by atoms with Crippen molar-refractivity contribution in [1.29, 1.82) is 0 Å². The highest BCUT2D eigenvalue weighted by Crippen LogP contribution is 2.10. The molecule has 0 radical (unpaired) electrons. The third-order valence-corrected chi connectivity index (χ3v) is 3.08. The van der Waals surface area contributed by atoms with Crippen LogP contribution >= 0.6 is 0 Å². The van der Waals surface area contributed by atoms with Gasteiger partial charge in [-0.05, 0) is 36.8 Å². The van der Waals surface area contributed by atoms with E-state index in [-0.39, 0.29) is 12.1 Å². The molecule has 2 N–H and O–H groups in total. The van der Waals surface area contributed by atoms with Crippen molar-refractivity contribution in [3.63, 3.8) is 0 Å². The number of amides is 2. The molecule has 1 aromatic heterocycles. The van der Waals surface area contributed by atoms with Gasteiger partial charge in [0.1, 0.15) is 11.5 Å². The molecule has 0 aliphatic heterocycles. The van der Waals surface area contributed by atoms with Gasteiger partial charge in [-0.3, -0.25) is 0 Å². The zero-order valence-corrected chi connectivity index (χ0v) is 12.3. The highest BCUT2D eigenvalue weighted by Gasteiger charge is 2.09. The monoisotopic (exact) mass is 288 g/mol. The summed E-state index contributed by atoms with van der Waals surface area (Å²) in [5.41, 5.74) is 1.02. The van der Waals surface area contributed by atoms with Crippen LogP contribution in [0.4, 0.5) is 4.79 Å². The molecular weight excluding hydrogens is 268 g/mol. The molecular formula is C16H20N2O3. The van der Waals surface area contributed by atoms with Gasteiger partial charge in [-0.2, -0.15) is 0 Å². The highest BCUT2D eigenvalue weighted by molar-refractivity contribution is 5.74. The fourth-order valence-electron chi connectivity index (χ4n) is 1.98. The molecule has 1 atom stereocenters. The smallest absolute Gasteiger partial charge is 0.315 e. The lowest BCUT2D eigenvalue weighted by Gasteiger charge is -2.13. The number of hydrogen-bond donors (Lipinski definition) is 2. The van der Waals surface area contributed by atoms with Gasteiger partial charge in [0, 0.05) is 19.0 Å². The maximum atomic E-state index is 11.8. The average Bonchev–Trinajstić information content (AvgIpc) is 2.98. The minimum Gasteiger partial charge on any atom is -0.497 e. The van der Waals surface area contributed by atoms with Gasteiger partial charge in [0.2, 0.25) is 0 Å². The largest absolute Gasteiger partial charge is 0.497 e. The Labute approximate surface area is 124 Å². The molecule has 0 fully saturated rings. The van der Waals surface area contributed by atoms with E-state index in [0.717, 1.165) is 17.1 Å². The molecule has 5 nitrogen and oxygen atoms in total. The van der Waals surface area contributed by atoms with Crippen LogP contribution in [0, 0.1) is 0 Å². The standard InChI is InChI=1S/C16H20N2O3/c1-12(10-15-4-3-9-21-15)18-16(19)17-11-13-5-7-14(20-2)8-6-13/h3-9,12H,10-11H2,1-2H3,(H2,17,18,19). The third-order valence-electron chi connectivity index (χ3n) is 3.08. The highest BCUT2D eigenvalue weighted by atomic mass is 16.5. The first-order valence-electron chi connectivity index (χ1n) is 6.87. The zero-order valence-electron chi connectivity index (χ0n) is 12.3. The van der Waals surface area contributed by atoms with E-state index >= 15 is 0 Å². The van der Waals surface area contributed by atoms with Gasteiger partial charge < -0.3 is 19.8 Å². The molecule has 112 valence electrons. The first kappa shape index (κ1) is 15.0. The molecule has 2 aromatic rings. The fraction of sp³-hybridized carbons (Fsp3) is 0.312. The van der Waals surface area contributed by atoms with E-state index in [0.29, 0.717) is 13.0 Å². The van der Waals surface area contributed by atoms with Crippen LogP contribution < -0.4 is 15.4 Å². The third kappa shape index (κ3) is 4.87. The molecule has 1 aromatic carbocycles. The number of furan rings is 1. The van der Waals surface area contributed by atoms with Crippen molar-refractivity contribution in [2.24, 2.45) is 0 Å². The molecule has 1 heterocycles. The quantitative estimate of drug-likeness (QED) is 0.859. The van der Waals surface area contributed by atoms with Gasteiger partial charge in [-0.25, -0.2) is 4.79 Å². The Hall–Kier alpha value is -2.43. The number of ether oxygens (including phenoxy) is 1. The van der Waals surface area contributed by atoms with E-state index in [4.69, 9.17) is 9.15 Å². The van der Waals surface area contributed by atoms with Crippen LogP contribution in [0.15, 0.2) is 47.1 Å². The molecule has 0 aliphatic carbocycles. The van der Waals surface area contributed by atoms with E-state index in [1.54, 1.807) is 13.4 Å². The summed E-state index contributed by atoms with van der Waals surface area (Å²) in [5.74, 6) is 1.66. The van der Waals surface area contributed by atoms with E-state index in [9.17, 15) is 4.79 Å². The van der Waals surface area contributed by atoms with Crippen LogP contribution in [0.1, 0.15) is 18.2 Å². The summed E-state index contributed by atoms with van der Waals surface area (Å²) in [5, 5.41) is 5.70. The Morgan fingerprint density at radius 3 is 2.67 bits per heavy atom. The average molecular weight is 288 g/mol. The number of carbonyl (C=O) groups excluding carboxylic acids is 1. The Morgan fingerprint density at radius 2 is 2.05 bits per heavy atom. The van der Waals surface area contributed by atoms with Crippen molar-refractivity contribution < 1.29 is 13.9 Å². The Bertz CT molecular complexity index is 549. The van der Waals surface area contributed by atoms with E-state index in [2.05, 4.69) is 10.6 Å². The molecule has 21 heavy (non-hydrogen) atoms. The first-order chi connectivity index (χ1) is 10.2. The fourth-order valence-corrected chi connectivity index (χ4v) is 1.98. The van der Waals surface area contributed by atoms with E-state index in [1.165, 1.54) is 0 Å². The van der Waals surface area contributed by atoms with Crippen molar-refractivity contribution in [3.8, 4) is 5.75 Å². The normalized spacial score (nSPS) is 11.7. The number of urea groups is 1. The second kappa shape index (κ2) is 7.38. The Balaban J connectivity index is 1.73. The van der Waals surface area contributed by atoms with Gasteiger partial charge in [-0.15, -0.1) is 0 Å². The number of hydrogen-bond acceptors (Lipinski definition) is 3. The molecule has 0 bridgehead atoms. The predicted octanol–water partition coefficient (Wildman–Crippen LogP) is 2.72. The summed E-state index contributed by atoms with van der Waals surface area (Å²) in [6.07, 6.45) is 2.30. The summed E-state index contributed by atoms with van der Waals surface area (Å²) in [7, 11) is 1.63. The number of nitrogens with one attached hydrogen (secondary N) is 2. The SMILES string of the molecule is COc1ccc(CNC(=O)NC(C)Cc2ccco2)cc1. The molecule has 2 rings (SSSR count). The molecule has 5 heteroatoms. The topological polar surface area (TPSA) is 63.5 Å². The Morgan fingerprint density at radius 1 is 1.29 bits per heavy atom. The number of carbonyl (C=O) groups is 1. The lowest BCUT2D eigenvalue weighted by Crippen LogP contribution is -2.41. The number of rotatable bonds is 6. The van der Waals surface area contributed by atoms with Crippen molar-refractivity contribution in [2.45, 2.75) is 25.9 Å². The summed E-state index contributed by atoms with van der Waals surface area (Å²) in [6.45, 7) is 2.42. The van der Waals surface area contributed by atoms with E-state index < -0.39 is 0 Å². The predicted molar refractivity (Wildman–Crippen MR) is 80.2 cm³/mol. The lowest BCUT2D eigenvalue weighted by atomic mass is 10.2. The summed E-state index contributed by atoms with van der Waals surface area (Å²) < 4.78 is 10.3.